The Morgan fingerprint density at radius 2 is 2.05 bits per heavy atom. The molecule has 0 aliphatic rings. The summed E-state index contributed by atoms with van der Waals surface area (Å²) in [4.78, 5) is 0. The highest BCUT2D eigenvalue weighted by Gasteiger charge is 2.13. The van der Waals surface area contributed by atoms with Gasteiger partial charge < -0.3 is 14.6 Å². The largest absolute Gasteiger partial charge is 0.496 e. The number of ether oxygens (including phenoxy) is 1. The van der Waals surface area contributed by atoms with Crippen LogP contribution in [0.25, 0.3) is 0 Å². The second kappa shape index (κ2) is 5.89. The van der Waals surface area contributed by atoms with Gasteiger partial charge in [-0.05, 0) is 26.8 Å². The van der Waals surface area contributed by atoms with E-state index in [1.807, 2.05) is 32.0 Å². The maximum Gasteiger partial charge on any atom is 0.138 e. The summed E-state index contributed by atoms with van der Waals surface area (Å²) < 4.78 is 10.5. The molecule has 1 heterocycles. The number of aryl methyl sites for hydroxylation is 2. The Bertz CT molecular complexity index is 529. The van der Waals surface area contributed by atoms with Crippen LogP contribution in [0.4, 0.5) is 0 Å². The highest BCUT2D eigenvalue weighted by atomic mass is 16.5. The molecule has 2 aromatic rings. The lowest BCUT2D eigenvalue weighted by atomic mass is 10.1. The van der Waals surface area contributed by atoms with Crippen molar-refractivity contribution in [3.63, 3.8) is 0 Å². The molecule has 19 heavy (non-hydrogen) atoms. The molecule has 0 fully saturated rings. The van der Waals surface area contributed by atoms with Crippen LogP contribution in [0.15, 0.2) is 28.8 Å². The lowest BCUT2D eigenvalue weighted by Gasteiger charge is -2.17. The van der Waals surface area contributed by atoms with Gasteiger partial charge in [-0.3, -0.25) is 0 Å². The number of hydrogen-bond donors (Lipinski definition) is 1. The van der Waals surface area contributed by atoms with E-state index in [4.69, 9.17) is 9.26 Å². The zero-order valence-corrected chi connectivity index (χ0v) is 11.9. The third-order valence-electron chi connectivity index (χ3n) is 3.37. The van der Waals surface area contributed by atoms with E-state index in [1.54, 1.807) is 7.11 Å². The number of nitrogens with one attached hydrogen (secondary N) is 1. The second-order valence-corrected chi connectivity index (χ2v) is 4.65. The van der Waals surface area contributed by atoms with Crippen LogP contribution >= 0.6 is 0 Å². The van der Waals surface area contributed by atoms with Crippen LogP contribution in [0.1, 0.15) is 35.5 Å². The van der Waals surface area contributed by atoms with E-state index in [0.29, 0.717) is 0 Å². The molecule has 1 aromatic heterocycles. The summed E-state index contributed by atoms with van der Waals surface area (Å²) in [6.07, 6.45) is 0. The van der Waals surface area contributed by atoms with E-state index in [1.165, 1.54) is 0 Å². The maximum absolute atomic E-state index is 5.38. The molecule has 0 aliphatic carbocycles. The number of nitrogens with zero attached hydrogens (tertiary/aromatic N) is 1. The molecule has 1 N–H and O–H groups in total. The molecule has 0 radical (unpaired) electrons. The molecule has 1 unspecified atom stereocenters. The summed E-state index contributed by atoms with van der Waals surface area (Å²) in [6, 6.07) is 8.24. The van der Waals surface area contributed by atoms with Crippen molar-refractivity contribution in [1.82, 2.24) is 10.5 Å². The van der Waals surface area contributed by atoms with Crippen LogP contribution in [-0.4, -0.2) is 12.3 Å². The fourth-order valence-corrected chi connectivity index (χ4v) is 2.14. The van der Waals surface area contributed by atoms with Gasteiger partial charge in [0, 0.05) is 23.7 Å². The Hall–Kier alpha value is -1.81. The summed E-state index contributed by atoms with van der Waals surface area (Å²) in [7, 11) is 1.69. The zero-order valence-electron chi connectivity index (χ0n) is 11.9. The fraction of sp³-hybridized carbons (Fsp3) is 0.400. The Morgan fingerprint density at radius 3 is 2.68 bits per heavy atom. The Labute approximate surface area is 113 Å². The lowest BCUT2D eigenvalue weighted by molar-refractivity contribution is 0.390. The van der Waals surface area contributed by atoms with Gasteiger partial charge >= 0.3 is 0 Å². The van der Waals surface area contributed by atoms with Gasteiger partial charge in [0.05, 0.1) is 12.8 Å². The predicted octanol–water partition coefficient (Wildman–Crippen LogP) is 3.15. The van der Waals surface area contributed by atoms with Crippen molar-refractivity contribution in [2.24, 2.45) is 0 Å². The van der Waals surface area contributed by atoms with Crippen LogP contribution in [0, 0.1) is 13.8 Å². The molecular formula is C15H20N2O2. The summed E-state index contributed by atoms with van der Waals surface area (Å²) >= 11 is 0. The van der Waals surface area contributed by atoms with Crippen LogP contribution in [0.3, 0.4) is 0 Å². The van der Waals surface area contributed by atoms with E-state index in [-0.39, 0.29) is 6.04 Å². The first-order valence-corrected chi connectivity index (χ1v) is 6.41. The van der Waals surface area contributed by atoms with Gasteiger partial charge in [0.25, 0.3) is 0 Å². The van der Waals surface area contributed by atoms with Crippen LogP contribution in [0.2, 0.25) is 0 Å². The Kier molecular flexibility index (Phi) is 4.22. The van der Waals surface area contributed by atoms with Crippen LogP contribution in [0.5, 0.6) is 5.75 Å². The highest BCUT2D eigenvalue weighted by molar-refractivity contribution is 5.35. The predicted molar refractivity (Wildman–Crippen MR) is 74.2 cm³/mol. The molecule has 0 spiro atoms. The van der Waals surface area contributed by atoms with Gasteiger partial charge in [-0.15, -0.1) is 0 Å². The molecule has 1 atom stereocenters. The van der Waals surface area contributed by atoms with Crippen molar-refractivity contribution in [3.05, 3.63) is 46.8 Å². The molecule has 4 nitrogen and oxygen atoms in total. The zero-order chi connectivity index (χ0) is 13.8. The molecular weight excluding hydrogens is 240 g/mol. The summed E-state index contributed by atoms with van der Waals surface area (Å²) in [5, 5.41) is 7.44. The van der Waals surface area contributed by atoms with Crippen molar-refractivity contribution >= 4 is 0 Å². The average molecular weight is 260 g/mol. The third kappa shape index (κ3) is 2.96. The third-order valence-corrected chi connectivity index (χ3v) is 3.37. The van der Waals surface area contributed by atoms with Crippen molar-refractivity contribution in [1.29, 1.82) is 0 Å². The number of benzene rings is 1. The van der Waals surface area contributed by atoms with Crippen molar-refractivity contribution in [3.8, 4) is 5.75 Å². The van der Waals surface area contributed by atoms with E-state index in [9.17, 15) is 0 Å². The van der Waals surface area contributed by atoms with Gasteiger partial charge in [-0.1, -0.05) is 23.4 Å². The summed E-state index contributed by atoms with van der Waals surface area (Å²) in [5.74, 6) is 1.78. The first-order chi connectivity index (χ1) is 9.13. The Morgan fingerprint density at radius 1 is 1.32 bits per heavy atom. The molecule has 2 rings (SSSR count). The van der Waals surface area contributed by atoms with Gasteiger partial charge in [-0.2, -0.15) is 0 Å². The first kappa shape index (κ1) is 13.6. The smallest absolute Gasteiger partial charge is 0.138 e. The minimum Gasteiger partial charge on any atom is -0.496 e. The molecule has 0 saturated heterocycles. The van der Waals surface area contributed by atoms with Gasteiger partial charge in [-0.25, -0.2) is 0 Å². The number of hydrogen-bond acceptors (Lipinski definition) is 4. The molecule has 102 valence electrons. The first-order valence-electron chi connectivity index (χ1n) is 6.41. The SMILES string of the molecule is COc1ccccc1C(C)NCc1c(C)noc1C. The van der Waals surface area contributed by atoms with Crippen molar-refractivity contribution in [2.45, 2.75) is 33.4 Å². The van der Waals surface area contributed by atoms with Crippen molar-refractivity contribution < 1.29 is 9.26 Å². The quantitative estimate of drug-likeness (QED) is 0.897. The van der Waals surface area contributed by atoms with E-state index in [2.05, 4.69) is 23.5 Å². The molecule has 0 bridgehead atoms. The second-order valence-electron chi connectivity index (χ2n) is 4.65. The van der Waals surface area contributed by atoms with Gasteiger partial charge in [0.1, 0.15) is 11.5 Å². The maximum atomic E-state index is 5.38. The molecule has 0 aliphatic heterocycles. The number of para-hydroxylation sites is 1. The molecule has 4 heteroatoms. The summed E-state index contributed by atoms with van der Waals surface area (Å²) in [6.45, 7) is 6.75. The number of rotatable bonds is 5. The normalized spacial score (nSPS) is 12.4. The van der Waals surface area contributed by atoms with E-state index >= 15 is 0 Å². The molecule has 0 saturated carbocycles. The standard InChI is InChI=1S/C15H20N2O2/c1-10(13-7-5-6-8-15(13)18-4)16-9-14-11(2)17-19-12(14)3/h5-8,10,16H,9H2,1-4H3. The molecule has 1 aromatic carbocycles. The molecule has 0 amide bonds. The Balaban J connectivity index is 2.07. The van der Waals surface area contributed by atoms with Crippen LogP contribution < -0.4 is 10.1 Å². The van der Waals surface area contributed by atoms with E-state index < -0.39 is 0 Å². The van der Waals surface area contributed by atoms with Gasteiger partial charge in [0.2, 0.25) is 0 Å². The van der Waals surface area contributed by atoms with E-state index in [0.717, 1.165) is 34.9 Å². The average Bonchev–Trinajstić information content (AvgIpc) is 2.75. The summed E-state index contributed by atoms with van der Waals surface area (Å²) in [5.41, 5.74) is 3.22. The van der Waals surface area contributed by atoms with Gasteiger partial charge in [0.15, 0.2) is 0 Å². The minimum atomic E-state index is 0.199. The lowest BCUT2D eigenvalue weighted by Crippen LogP contribution is -2.19. The van der Waals surface area contributed by atoms with Crippen molar-refractivity contribution in [2.75, 3.05) is 7.11 Å². The monoisotopic (exact) mass is 260 g/mol. The minimum absolute atomic E-state index is 0.199. The number of aromatic nitrogens is 1. The number of methoxy groups -OCH3 is 1. The highest BCUT2D eigenvalue weighted by Crippen LogP contribution is 2.25. The fourth-order valence-electron chi connectivity index (χ4n) is 2.14. The topological polar surface area (TPSA) is 47.3 Å². The van der Waals surface area contributed by atoms with Crippen LogP contribution in [-0.2, 0) is 6.54 Å².